The lowest BCUT2D eigenvalue weighted by molar-refractivity contribution is -0.131. The normalized spacial score (nSPS) is 20.3. The van der Waals surface area contributed by atoms with Gasteiger partial charge in [0.1, 0.15) is 5.38 Å². The topological polar surface area (TPSA) is 29.5 Å². The first-order chi connectivity index (χ1) is 7.15. The molecule has 0 spiro atoms. The highest BCUT2D eigenvalue weighted by Crippen LogP contribution is 2.21. The summed E-state index contributed by atoms with van der Waals surface area (Å²) < 4.78 is 5.06. The first-order valence-electron chi connectivity index (χ1n) is 5.57. The van der Waals surface area contributed by atoms with Gasteiger partial charge in [0, 0.05) is 26.8 Å². The van der Waals surface area contributed by atoms with Crippen molar-refractivity contribution in [1.82, 2.24) is 4.90 Å². The summed E-state index contributed by atoms with van der Waals surface area (Å²) in [6.45, 7) is 4.26. The molecular weight excluding hydrogens is 214 g/mol. The van der Waals surface area contributed by atoms with Gasteiger partial charge in [-0.25, -0.2) is 0 Å². The predicted octanol–water partition coefficient (Wildman–Crippen LogP) is 1.89. The maximum Gasteiger partial charge on any atom is 0.240 e. The molecule has 1 aliphatic heterocycles. The average molecular weight is 234 g/mol. The predicted molar refractivity (Wildman–Crippen MR) is 61.1 cm³/mol. The van der Waals surface area contributed by atoms with Crippen molar-refractivity contribution in [3.8, 4) is 0 Å². The summed E-state index contributed by atoms with van der Waals surface area (Å²) in [6, 6.07) is 0. The highest BCUT2D eigenvalue weighted by Gasteiger charge is 2.24. The summed E-state index contributed by atoms with van der Waals surface area (Å²) in [5.41, 5.74) is 0. The van der Waals surface area contributed by atoms with Gasteiger partial charge in [-0.2, -0.15) is 0 Å². The van der Waals surface area contributed by atoms with Crippen LogP contribution in [-0.4, -0.2) is 43.0 Å². The van der Waals surface area contributed by atoms with E-state index in [1.807, 2.05) is 4.90 Å². The smallest absolute Gasteiger partial charge is 0.240 e. The molecule has 0 bridgehead atoms. The van der Waals surface area contributed by atoms with Gasteiger partial charge in [-0.05, 0) is 32.1 Å². The maximum atomic E-state index is 11.6. The van der Waals surface area contributed by atoms with Crippen LogP contribution in [0.4, 0.5) is 0 Å². The second-order valence-corrected chi connectivity index (χ2v) is 4.82. The lowest BCUT2D eigenvalue weighted by Gasteiger charge is -2.32. The fourth-order valence-corrected chi connectivity index (χ4v) is 2.12. The van der Waals surface area contributed by atoms with Crippen molar-refractivity contribution < 1.29 is 9.53 Å². The number of hydrogen-bond donors (Lipinski definition) is 0. The molecule has 0 saturated carbocycles. The van der Waals surface area contributed by atoms with Crippen LogP contribution in [0.25, 0.3) is 0 Å². The Morgan fingerprint density at radius 2 is 2.13 bits per heavy atom. The van der Waals surface area contributed by atoms with Crippen molar-refractivity contribution in [2.45, 2.75) is 31.6 Å². The average Bonchev–Trinajstić information content (AvgIpc) is 2.26. The first-order valence-corrected chi connectivity index (χ1v) is 6.00. The number of alkyl halides is 1. The number of likely N-dealkylation sites (tertiary alicyclic amines) is 1. The fraction of sp³-hybridized carbons (Fsp3) is 0.909. The Hall–Kier alpha value is -0.280. The second kappa shape index (κ2) is 6.33. The highest BCUT2D eigenvalue weighted by molar-refractivity contribution is 6.30. The molecule has 0 aromatic carbocycles. The molecule has 1 saturated heterocycles. The zero-order valence-electron chi connectivity index (χ0n) is 9.54. The number of hydrogen-bond acceptors (Lipinski definition) is 2. The van der Waals surface area contributed by atoms with Crippen LogP contribution in [0.3, 0.4) is 0 Å². The van der Waals surface area contributed by atoms with E-state index < -0.39 is 0 Å². The molecule has 1 fully saturated rings. The molecule has 1 atom stereocenters. The SMILES string of the molecule is COCCC1CCN(C(=O)[C@H](C)Cl)CC1. The summed E-state index contributed by atoms with van der Waals surface area (Å²) in [5, 5.41) is -0.388. The van der Waals surface area contributed by atoms with Gasteiger partial charge in [-0.1, -0.05) is 0 Å². The Morgan fingerprint density at radius 1 is 1.53 bits per heavy atom. The van der Waals surface area contributed by atoms with Crippen molar-refractivity contribution in [3.63, 3.8) is 0 Å². The van der Waals surface area contributed by atoms with E-state index in [-0.39, 0.29) is 11.3 Å². The molecule has 1 rings (SSSR count). The van der Waals surface area contributed by atoms with E-state index in [0.29, 0.717) is 5.92 Å². The maximum absolute atomic E-state index is 11.6. The van der Waals surface area contributed by atoms with Crippen molar-refractivity contribution in [2.24, 2.45) is 5.92 Å². The molecule has 88 valence electrons. The number of methoxy groups -OCH3 is 1. The molecule has 0 aromatic rings. The minimum absolute atomic E-state index is 0.0712. The van der Waals surface area contributed by atoms with Crippen LogP contribution >= 0.6 is 11.6 Å². The summed E-state index contributed by atoms with van der Waals surface area (Å²) in [5.74, 6) is 0.779. The molecule has 0 N–H and O–H groups in total. The fourth-order valence-electron chi connectivity index (χ4n) is 1.98. The van der Waals surface area contributed by atoms with E-state index in [1.54, 1.807) is 14.0 Å². The van der Waals surface area contributed by atoms with Gasteiger partial charge >= 0.3 is 0 Å². The molecule has 0 aliphatic carbocycles. The van der Waals surface area contributed by atoms with Crippen LogP contribution in [0.5, 0.6) is 0 Å². The van der Waals surface area contributed by atoms with Gasteiger partial charge in [0.2, 0.25) is 5.91 Å². The number of rotatable bonds is 4. The Morgan fingerprint density at radius 3 is 2.60 bits per heavy atom. The van der Waals surface area contributed by atoms with Gasteiger partial charge in [0.05, 0.1) is 0 Å². The van der Waals surface area contributed by atoms with Crippen molar-refractivity contribution in [2.75, 3.05) is 26.8 Å². The first kappa shape index (κ1) is 12.8. The van der Waals surface area contributed by atoms with Gasteiger partial charge in [-0.15, -0.1) is 11.6 Å². The van der Waals surface area contributed by atoms with E-state index in [9.17, 15) is 4.79 Å². The Labute approximate surface area is 96.7 Å². The molecular formula is C11H20ClNO2. The molecule has 0 unspecified atom stereocenters. The van der Waals surface area contributed by atoms with Gasteiger partial charge < -0.3 is 9.64 Å². The molecule has 15 heavy (non-hydrogen) atoms. The van der Waals surface area contributed by atoms with Gasteiger partial charge in [0.15, 0.2) is 0 Å². The largest absolute Gasteiger partial charge is 0.385 e. The second-order valence-electron chi connectivity index (χ2n) is 4.17. The van der Waals surface area contributed by atoms with Crippen LogP contribution in [0.15, 0.2) is 0 Å². The summed E-state index contributed by atoms with van der Waals surface area (Å²) in [7, 11) is 1.73. The van der Waals surface area contributed by atoms with E-state index in [0.717, 1.165) is 39.0 Å². The molecule has 1 aliphatic rings. The van der Waals surface area contributed by atoms with E-state index in [1.165, 1.54) is 0 Å². The number of ether oxygens (including phenoxy) is 1. The molecule has 1 amide bonds. The number of amides is 1. The Balaban J connectivity index is 2.26. The van der Waals surface area contributed by atoms with Crippen LogP contribution < -0.4 is 0 Å². The standard InChI is InChI=1S/C11H20ClNO2/c1-9(12)11(14)13-6-3-10(4-7-13)5-8-15-2/h9-10H,3-8H2,1-2H3/t9-/m0/s1. The van der Waals surface area contributed by atoms with Crippen LogP contribution in [0.2, 0.25) is 0 Å². The molecule has 3 nitrogen and oxygen atoms in total. The lowest BCUT2D eigenvalue weighted by Crippen LogP contribution is -2.41. The Bertz CT molecular complexity index is 201. The molecule has 4 heteroatoms. The molecule has 0 aromatic heterocycles. The van der Waals surface area contributed by atoms with E-state index in [4.69, 9.17) is 16.3 Å². The third-order valence-corrected chi connectivity index (χ3v) is 3.18. The summed E-state index contributed by atoms with van der Waals surface area (Å²) in [6.07, 6.45) is 3.27. The third-order valence-electron chi connectivity index (χ3n) is 3.00. The van der Waals surface area contributed by atoms with Gasteiger partial charge in [0.25, 0.3) is 0 Å². The zero-order chi connectivity index (χ0) is 11.3. The summed E-state index contributed by atoms with van der Waals surface area (Å²) >= 11 is 5.77. The van der Waals surface area contributed by atoms with Crippen LogP contribution in [0.1, 0.15) is 26.2 Å². The van der Waals surface area contributed by atoms with Crippen LogP contribution in [-0.2, 0) is 9.53 Å². The number of carbonyl (C=O) groups is 1. The minimum atomic E-state index is -0.388. The molecule has 1 heterocycles. The van der Waals surface area contributed by atoms with Crippen molar-refractivity contribution in [3.05, 3.63) is 0 Å². The monoisotopic (exact) mass is 233 g/mol. The highest BCUT2D eigenvalue weighted by atomic mass is 35.5. The van der Waals surface area contributed by atoms with Crippen molar-refractivity contribution in [1.29, 1.82) is 0 Å². The van der Waals surface area contributed by atoms with Crippen LogP contribution in [0, 0.1) is 5.92 Å². The zero-order valence-corrected chi connectivity index (χ0v) is 10.3. The third kappa shape index (κ3) is 3.99. The van der Waals surface area contributed by atoms with Gasteiger partial charge in [-0.3, -0.25) is 4.79 Å². The van der Waals surface area contributed by atoms with E-state index >= 15 is 0 Å². The number of carbonyl (C=O) groups excluding carboxylic acids is 1. The van der Waals surface area contributed by atoms with E-state index in [2.05, 4.69) is 0 Å². The minimum Gasteiger partial charge on any atom is -0.385 e. The summed E-state index contributed by atoms with van der Waals surface area (Å²) in [4.78, 5) is 13.5. The number of halogens is 1. The van der Waals surface area contributed by atoms with Crippen molar-refractivity contribution >= 4 is 17.5 Å². The number of nitrogens with zero attached hydrogens (tertiary/aromatic N) is 1. The Kier molecular flexibility index (Phi) is 5.40. The lowest BCUT2D eigenvalue weighted by atomic mass is 9.94. The molecule has 0 radical (unpaired) electrons. The quantitative estimate of drug-likeness (QED) is 0.694. The number of piperidine rings is 1.